The summed E-state index contributed by atoms with van der Waals surface area (Å²) in [5.41, 5.74) is 2.42. The molecule has 0 bridgehead atoms. The number of aromatic hydroxyl groups is 1. The first-order valence-electron chi connectivity index (χ1n) is 7.80. The molecular formula is C18H15IN4O2. The molecule has 7 heteroatoms. The number of rotatable bonds is 4. The van der Waals surface area contributed by atoms with Crippen LogP contribution in [-0.2, 0) is 6.42 Å². The normalized spacial score (nSPS) is 12.5. The molecule has 126 valence electrons. The Morgan fingerprint density at radius 3 is 2.72 bits per heavy atom. The Kier molecular flexibility index (Phi) is 4.08. The SMILES string of the molecule is O=c1[nH]cc(O)n1C(Cc1ccccc1)c1nc2ccc(I)cc2[nH]1. The van der Waals surface area contributed by atoms with E-state index in [4.69, 9.17) is 0 Å². The minimum Gasteiger partial charge on any atom is -0.493 e. The Morgan fingerprint density at radius 2 is 2.00 bits per heavy atom. The standard InChI is InChI=1S/C18H15IN4O2/c19-12-6-7-13-14(9-12)22-17(21-13)15(8-11-4-2-1-3-5-11)23-16(24)10-20-18(23)25/h1-7,9-10,15,24H,8H2,(H,20,25)(H,21,22). The highest BCUT2D eigenvalue weighted by molar-refractivity contribution is 14.1. The van der Waals surface area contributed by atoms with Crippen molar-refractivity contribution in [3.8, 4) is 5.88 Å². The molecule has 0 aliphatic carbocycles. The van der Waals surface area contributed by atoms with Crippen LogP contribution in [0.3, 0.4) is 0 Å². The van der Waals surface area contributed by atoms with E-state index in [0.29, 0.717) is 12.2 Å². The molecule has 0 saturated carbocycles. The summed E-state index contributed by atoms with van der Waals surface area (Å²) in [5, 5.41) is 10.1. The molecule has 6 nitrogen and oxygen atoms in total. The topological polar surface area (TPSA) is 86.7 Å². The predicted molar refractivity (Wildman–Crippen MR) is 104 cm³/mol. The van der Waals surface area contributed by atoms with Crippen molar-refractivity contribution in [2.75, 3.05) is 0 Å². The van der Waals surface area contributed by atoms with E-state index in [1.54, 1.807) is 0 Å². The first kappa shape index (κ1) is 15.9. The van der Waals surface area contributed by atoms with Gasteiger partial charge in [-0.25, -0.2) is 9.78 Å². The van der Waals surface area contributed by atoms with Crippen LogP contribution in [0, 0.1) is 3.57 Å². The van der Waals surface area contributed by atoms with Gasteiger partial charge in [-0.3, -0.25) is 4.57 Å². The quantitative estimate of drug-likeness (QED) is 0.421. The van der Waals surface area contributed by atoms with E-state index < -0.39 is 6.04 Å². The summed E-state index contributed by atoms with van der Waals surface area (Å²) in [4.78, 5) is 22.7. The Morgan fingerprint density at radius 1 is 1.20 bits per heavy atom. The summed E-state index contributed by atoms with van der Waals surface area (Å²) in [6.07, 6.45) is 1.83. The molecule has 1 unspecified atom stereocenters. The third-order valence-electron chi connectivity index (χ3n) is 4.15. The van der Waals surface area contributed by atoms with Gasteiger partial charge < -0.3 is 15.1 Å². The lowest BCUT2D eigenvalue weighted by Gasteiger charge is -2.16. The van der Waals surface area contributed by atoms with Crippen LogP contribution < -0.4 is 5.69 Å². The number of fused-ring (bicyclic) bond motifs is 1. The Hall–Kier alpha value is -2.55. The Labute approximate surface area is 156 Å². The van der Waals surface area contributed by atoms with Crippen LogP contribution >= 0.6 is 22.6 Å². The summed E-state index contributed by atoms with van der Waals surface area (Å²) in [7, 11) is 0. The van der Waals surface area contributed by atoms with Crippen molar-refractivity contribution in [2.45, 2.75) is 12.5 Å². The summed E-state index contributed by atoms with van der Waals surface area (Å²) >= 11 is 2.25. The van der Waals surface area contributed by atoms with Gasteiger partial charge in [0.1, 0.15) is 11.9 Å². The summed E-state index contributed by atoms with van der Waals surface area (Å²) < 4.78 is 2.43. The van der Waals surface area contributed by atoms with Gasteiger partial charge in [-0.2, -0.15) is 0 Å². The van der Waals surface area contributed by atoms with Crippen LogP contribution in [0.4, 0.5) is 0 Å². The van der Waals surface area contributed by atoms with Crippen molar-refractivity contribution < 1.29 is 5.11 Å². The van der Waals surface area contributed by atoms with Crippen LogP contribution in [0.1, 0.15) is 17.4 Å². The van der Waals surface area contributed by atoms with Gasteiger partial charge in [-0.05, 0) is 46.4 Å². The number of benzene rings is 2. The van der Waals surface area contributed by atoms with E-state index in [-0.39, 0.29) is 11.6 Å². The maximum Gasteiger partial charge on any atom is 0.329 e. The van der Waals surface area contributed by atoms with Gasteiger partial charge >= 0.3 is 5.69 Å². The van der Waals surface area contributed by atoms with Crippen molar-refractivity contribution >= 4 is 33.6 Å². The monoisotopic (exact) mass is 446 g/mol. The molecule has 0 saturated heterocycles. The molecule has 2 heterocycles. The van der Waals surface area contributed by atoms with Gasteiger partial charge in [-0.1, -0.05) is 30.3 Å². The zero-order chi connectivity index (χ0) is 17.4. The van der Waals surface area contributed by atoms with E-state index in [1.165, 1.54) is 10.8 Å². The zero-order valence-corrected chi connectivity index (χ0v) is 15.3. The van der Waals surface area contributed by atoms with E-state index in [1.807, 2.05) is 48.5 Å². The largest absolute Gasteiger partial charge is 0.493 e. The van der Waals surface area contributed by atoms with Crippen molar-refractivity contribution in [3.63, 3.8) is 0 Å². The zero-order valence-electron chi connectivity index (χ0n) is 13.1. The number of H-pyrrole nitrogens is 2. The number of hydrogen-bond donors (Lipinski definition) is 3. The molecule has 0 aliphatic rings. The van der Waals surface area contributed by atoms with Crippen LogP contribution in [-0.4, -0.2) is 24.6 Å². The lowest BCUT2D eigenvalue weighted by Crippen LogP contribution is -2.25. The minimum atomic E-state index is -0.439. The van der Waals surface area contributed by atoms with Crippen molar-refractivity contribution in [2.24, 2.45) is 0 Å². The fourth-order valence-corrected chi connectivity index (χ4v) is 3.47. The summed E-state index contributed by atoms with van der Waals surface area (Å²) in [6, 6.07) is 15.3. The average molecular weight is 446 g/mol. The molecule has 0 amide bonds. The second-order valence-electron chi connectivity index (χ2n) is 5.81. The van der Waals surface area contributed by atoms with Crippen LogP contribution in [0.2, 0.25) is 0 Å². The second kappa shape index (κ2) is 6.40. The number of nitrogens with one attached hydrogen (secondary N) is 2. The Balaban J connectivity index is 1.85. The molecule has 2 aromatic heterocycles. The van der Waals surface area contributed by atoms with Crippen molar-refractivity contribution in [3.05, 3.63) is 80.2 Å². The fourth-order valence-electron chi connectivity index (χ4n) is 2.98. The van der Waals surface area contributed by atoms with Crippen LogP contribution in [0.25, 0.3) is 11.0 Å². The molecule has 0 fully saturated rings. The molecular weight excluding hydrogens is 431 g/mol. The average Bonchev–Trinajstić information content (AvgIpc) is 3.17. The van der Waals surface area contributed by atoms with Crippen LogP contribution in [0.5, 0.6) is 5.88 Å². The van der Waals surface area contributed by atoms with Crippen LogP contribution in [0.15, 0.2) is 59.5 Å². The maximum atomic E-state index is 12.2. The first-order chi connectivity index (χ1) is 12.1. The highest BCUT2D eigenvalue weighted by atomic mass is 127. The van der Waals surface area contributed by atoms with Crippen molar-refractivity contribution in [1.29, 1.82) is 0 Å². The molecule has 1 atom stereocenters. The molecule has 3 N–H and O–H groups in total. The van der Waals surface area contributed by atoms with E-state index in [9.17, 15) is 9.90 Å². The lowest BCUT2D eigenvalue weighted by molar-refractivity contribution is 0.389. The highest BCUT2D eigenvalue weighted by Gasteiger charge is 2.23. The number of aromatic nitrogens is 4. The van der Waals surface area contributed by atoms with Gasteiger partial charge in [0.05, 0.1) is 17.2 Å². The summed E-state index contributed by atoms with van der Waals surface area (Å²) in [6.45, 7) is 0. The summed E-state index contributed by atoms with van der Waals surface area (Å²) in [5.74, 6) is 0.527. The van der Waals surface area contributed by atoms with Gasteiger partial charge in [-0.15, -0.1) is 0 Å². The second-order valence-corrected chi connectivity index (χ2v) is 7.06. The maximum absolute atomic E-state index is 12.2. The number of hydrogen-bond acceptors (Lipinski definition) is 3. The van der Waals surface area contributed by atoms with E-state index in [0.717, 1.165) is 20.2 Å². The first-order valence-corrected chi connectivity index (χ1v) is 8.87. The molecule has 0 aliphatic heterocycles. The lowest BCUT2D eigenvalue weighted by atomic mass is 10.1. The van der Waals surface area contributed by atoms with E-state index in [2.05, 4.69) is 37.5 Å². The van der Waals surface area contributed by atoms with Gasteiger partial charge in [0.25, 0.3) is 0 Å². The van der Waals surface area contributed by atoms with Crippen molar-refractivity contribution in [1.82, 2.24) is 19.5 Å². The minimum absolute atomic E-state index is 0.110. The number of nitrogens with zero attached hydrogens (tertiary/aromatic N) is 2. The smallest absolute Gasteiger partial charge is 0.329 e. The molecule has 4 rings (SSSR count). The third-order valence-corrected chi connectivity index (χ3v) is 4.82. The van der Waals surface area contributed by atoms with Gasteiger partial charge in [0, 0.05) is 9.99 Å². The highest BCUT2D eigenvalue weighted by Crippen LogP contribution is 2.26. The predicted octanol–water partition coefficient (Wildman–Crippen LogP) is 3.20. The Bertz CT molecular complexity index is 1080. The molecule has 2 aromatic carbocycles. The number of aromatic amines is 2. The molecule has 25 heavy (non-hydrogen) atoms. The molecule has 0 radical (unpaired) electrons. The number of halogens is 1. The number of imidazole rings is 2. The van der Waals surface area contributed by atoms with Gasteiger partial charge in [0.2, 0.25) is 5.88 Å². The van der Waals surface area contributed by atoms with Gasteiger partial charge in [0.15, 0.2) is 0 Å². The third kappa shape index (κ3) is 3.07. The molecule has 0 spiro atoms. The van der Waals surface area contributed by atoms with E-state index >= 15 is 0 Å². The fraction of sp³-hybridized carbons (Fsp3) is 0.111. The molecule has 4 aromatic rings.